The van der Waals surface area contributed by atoms with Crippen LogP contribution < -0.4 is 0 Å². The predicted molar refractivity (Wildman–Crippen MR) is 75.9 cm³/mol. The van der Waals surface area contributed by atoms with Crippen molar-refractivity contribution in [2.75, 3.05) is 39.9 Å². The molecule has 1 fully saturated rings. The van der Waals surface area contributed by atoms with Crippen LogP contribution in [-0.4, -0.2) is 66.5 Å². The van der Waals surface area contributed by atoms with Crippen LogP contribution in [0, 0.1) is 13.8 Å². The van der Waals surface area contributed by atoms with Crippen LogP contribution in [0.4, 0.5) is 0 Å². The summed E-state index contributed by atoms with van der Waals surface area (Å²) < 4.78 is 4.84. The predicted octanol–water partition coefficient (Wildman–Crippen LogP) is 0.691. The molecule has 1 aliphatic heterocycles. The van der Waals surface area contributed by atoms with Crippen molar-refractivity contribution < 1.29 is 14.3 Å². The molecule has 0 saturated carbocycles. The van der Waals surface area contributed by atoms with E-state index in [0.29, 0.717) is 31.1 Å². The molecule has 2 amide bonds. The molecule has 1 aromatic heterocycles. The molecule has 0 N–H and O–H groups in total. The van der Waals surface area contributed by atoms with Gasteiger partial charge in [0.25, 0.3) is 5.91 Å². The molecule has 20 heavy (non-hydrogen) atoms. The van der Waals surface area contributed by atoms with Crippen molar-refractivity contribution in [3.63, 3.8) is 0 Å². The highest BCUT2D eigenvalue weighted by Gasteiger charge is 2.26. The number of piperazine rings is 1. The standard InChI is InChI=1S/C13H19N3O3S/c1-9-12(20-10(2)14-9)13(18)16-6-4-15(5-7-16)11(17)8-19-3/h4-8H2,1-3H3. The first-order valence-corrected chi connectivity index (χ1v) is 7.34. The van der Waals surface area contributed by atoms with Gasteiger partial charge in [0.15, 0.2) is 0 Å². The largest absolute Gasteiger partial charge is 0.375 e. The van der Waals surface area contributed by atoms with Gasteiger partial charge in [0.05, 0.1) is 10.7 Å². The van der Waals surface area contributed by atoms with Crippen molar-refractivity contribution >= 4 is 23.2 Å². The Morgan fingerprint density at radius 2 is 1.80 bits per heavy atom. The summed E-state index contributed by atoms with van der Waals surface area (Å²) in [6, 6.07) is 0. The summed E-state index contributed by atoms with van der Waals surface area (Å²) in [7, 11) is 1.51. The summed E-state index contributed by atoms with van der Waals surface area (Å²) in [4.78, 5) is 32.6. The van der Waals surface area contributed by atoms with Crippen molar-refractivity contribution in [2.45, 2.75) is 13.8 Å². The Morgan fingerprint density at radius 3 is 2.30 bits per heavy atom. The highest BCUT2D eigenvalue weighted by molar-refractivity contribution is 7.13. The van der Waals surface area contributed by atoms with Gasteiger partial charge in [0.1, 0.15) is 11.5 Å². The van der Waals surface area contributed by atoms with Gasteiger partial charge in [0, 0.05) is 33.3 Å². The molecule has 1 aliphatic rings. The zero-order chi connectivity index (χ0) is 14.7. The number of thiazole rings is 1. The lowest BCUT2D eigenvalue weighted by molar-refractivity contribution is -0.136. The fourth-order valence-corrected chi connectivity index (χ4v) is 3.13. The first-order valence-electron chi connectivity index (χ1n) is 6.53. The molecule has 0 aliphatic carbocycles. The van der Waals surface area contributed by atoms with E-state index in [0.717, 1.165) is 10.7 Å². The molecule has 0 unspecified atom stereocenters. The Morgan fingerprint density at radius 1 is 1.20 bits per heavy atom. The van der Waals surface area contributed by atoms with E-state index in [4.69, 9.17) is 4.74 Å². The first kappa shape index (κ1) is 14.9. The molecule has 0 bridgehead atoms. The van der Waals surface area contributed by atoms with Gasteiger partial charge in [0.2, 0.25) is 5.91 Å². The number of hydrogen-bond acceptors (Lipinski definition) is 5. The molecule has 1 saturated heterocycles. The average molecular weight is 297 g/mol. The van der Waals surface area contributed by atoms with Gasteiger partial charge in [-0.2, -0.15) is 0 Å². The lowest BCUT2D eigenvalue weighted by Crippen LogP contribution is -2.51. The summed E-state index contributed by atoms with van der Waals surface area (Å²) >= 11 is 1.43. The summed E-state index contributed by atoms with van der Waals surface area (Å²) in [6.45, 7) is 6.09. The summed E-state index contributed by atoms with van der Waals surface area (Å²) in [5, 5.41) is 0.903. The molecule has 1 aromatic rings. The fraction of sp³-hybridized carbons (Fsp3) is 0.615. The molecular formula is C13H19N3O3S. The monoisotopic (exact) mass is 297 g/mol. The van der Waals surface area contributed by atoms with Crippen LogP contribution in [0.25, 0.3) is 0 Å². The Bertz CT molecular complexity index is 507. The summed E-state index contributed by atoms with van der Waals surface area (Å²) in [5.41, 5.74) is 0.787. The lowest BCUT2D eigenvalue weighted by Gasteiger charge is -2.34. The molecule has 7 heteroatoms. The van der Waals surface area contributed by atoms with E-state index in [1.165, 1.54) is 18.4 Å². The maximum Gasteiger partial charge on any atom is 0.265 e. The Hall–Kier alpha value is -1.47. The lowest BCUT2D eigenvalue weighted by atomic mass is 10.2. The van der Waals surface area contributed by atoms with Gasteiger partial charge in [-0.1, -0.05) is 0 Å². The summed E-state index contributed by atoms with van der Waals surface area (Å²) in [5.74, 6) is -0.00338. The number of amides is 2. The number of aryl methyl sites for hydroxylation is 2. The van der Waals surface area contributed by atoms with Crippen LogP contribution in [0.2, 0.25) is 0 Å². The minimum Gasteiger partial charge on any atom is -0.375 e. The zero-order valence-corrected chi connectivity index (χ0v) is 12.8. The molecule has 2 heterocycles. The minimum atomic E-state index is -0.0237. The number of aromatic nitrogens is 1. The second kappa shape index (κ2) is 6.32. The number of carbonyl (C=O) groups is 2. The SMILES string of the molecule is COCC(=O)N1CCN(C(=O)c2sc(C)nc2C)CC1. The Kier molecular flexibility index (Phi) is 4.72. The van der Waals surface area contributed by atoms with Crippen LogP contribution in [0.15, 0.2) is 0 Å². The second-order valence-electron chi connectivity index (χ2n) is 4.75. The van der Waals surface area contributed by atoms with Gasteiger partial charge < -0.3 is 14.5 Å². The van der Waals surface area contributed by atoms with Crippen molar-refractivity contribution in [2.24, 2.45) is 0 Å². The molecule has 0 atom stereocenters. The number of hydrogen-bond donors (Lipinski definition) is 0. The van der Waals surface area contributed by atoms with Crippen LogP contribution in [0.3, 0.4) is 0 Å². The van der Waals surface area contributed by atoms with Gasteiger partial charge in [-0.05, 0) is 13.8 Å². The first-order chi connectivity index (χ1) is 9.52. The Labute approximate surface area is 122 Å². The van der Waals surface area contributed by atoms with E-state index < -0.39 is 0 Å². The van der Waals surface area contributed by atoms with Crippen LogP contribution >= 0.6 is 11.3 Å². The van der Waals surface area contributed by atoms with E-state index in [1.54, 1.807) is 9.80 Å². The molecule has 6 nitrogen and oxygen atoms in total. The number of carbonyl (C=O) groups excluding carboxylic acids is 2. The van der Waals surface area contributed by atoms with Crippen LogP contribution in [0.1, 0.15) is 20.4 Å². The maximum atomic E-state index is 12.4. The third kappa shape index (κ3) is 3.16. The molecule has 0 radical (unpaired) electrons. The van der Waals surface area contributed by atoms with Crippen molar-refractivity contribution in [3.8, 4) is 0 Å². The van der Waals surface area contributed by atoms with Gasteiger partial charge >= 0.3 is 0 Å². The topological polar surface area (TPSA) is 62.7 Å². The molecular weight excluding hydrogens is 278 g/mol. The third-order valence-corrected chi connectivity index (χ3v) is 4.35. The van der Waals surface area contributed by atoms with Gasteiger partial charge in [-0.25, -0.2) is 4.98 Å². The van der Waals surface area contributed by atoms with Crippen LogP contribution in [-0.2, 0) is 9.53 Å². The van der Waals surface area contributed by atoms with E-state index in [1.807, 2.05) is 13.8 Å². The quantitative estimate of drug-likeness (QED) is 0.823. The summed E-state index contributed by atoms with van der Waals surface area (Å²) in [6.07, 6.45) is 0. The minimum absolute atomic E-state index is 0.0203. The highest BCUT2D eigenvalue weighted by Crippen LogP contribution is 2.20. The second-order valence-corrected chi connectivity index (χ2v) is 5.96. The maximum absolute atomic E-state index is 12.4. The number of methoxy groups -OCH3 is 1. The molecule has 0 aromatic carbocycles. The average Bonchev–Trinajstić information content (AvgIpc) is 2.77. The van der Waals surface area contributed by atoms with Gasteiger partial charge in [-0.3, -0.25) is 9.59 Å². The van der Waals surface area contributed by atoms with E-state index >= 15 is 0 Å². The number of rotatable bonds is 3. The molecule has 110 valence electrons. The number of nitrogens with zero attached hydrogens (tertiary/aromatic N) is 3. The van der Waals surface area contributed by atoms with Crippen molar-refractivity contribution in [3.05, 3.63) is 15.6 Å². The van der Waals surface area contributed by atoms with Crippen molar-refractivity contribution in [1.82, 2.24) is 14.8 Å². The molecule has 2 rings (SSSR count). The van der Waals surface area contributed by atoms with E-state index in [9.17, 15) is 9.59 Å². The van der Waals surface area contributed by atoms with Gasteiger partial charge in [-0.15, -0.1) is 11.3 Å². The van der Waals surface area contributed by atoms with Crippen LogP contribution in [0.5, 0.6) is 0 Å². The number of ether oxygens (including phenoxy) is 1. The Balaban J connectivity index is 1.95. The van der Waals surface area contributed by atoms with Crippen molar-refractivity contribution in [1.29, 1.82) is 0 Å². The van der Waals surface area contributed by atoms with E-state index in [-0.39, 0.29) is 18.4 Å². The third-order valence-electron chi connectivity index (χ3n) is 3.29. The molecule has 0 spiro atoms. The van der Waals surface area contributed by atoms with E-state index in [2.05, 4.69) is 4.98 Å². The normalized spacial score (nSPS) is 15.6. The smallest absolute Gasteiger partial charge is 0.265 e. The highest BCUT2D eigenvalue weighted by atomic mass is 32.1. The fourth-order valence-electron chi connectivity index (χ4n) is 2.25. The zero-order valence-electron chi connectivity index (χ0n) is 12.0.